The Morgan fingerprint density at radius 3 is 2.75 bits per heavy atom. The summed E-state index contributed by atoms with van der Waals surface area (Å²) in [6.45, 7) is 1.76. The monoisotopic (exact) mass is 386 g/mol. The number of hydrogen-bond donors (Lipinski definition) is 1. The zero-order valence-electron chi connectivity index (χ0n) is 13.2. The minimum absolute atomic E-state index is 0.0114. The Morgan fingerprint density at radius 1 is 1.25 bits per heavy atom. The van der Waals surface area contributed by atoms with Gasteiger partial charge < -0.3 is 4.74 Å². The van der Waals surface area contributed by atoms with Gasteiger partial charge in [-0.25, -0.2) is 10.1 Å². The fourth-order valence-electron chi connectivity index (χ4n) is 2.41. The molecule has 0 aromatic heterocycles. The first-order chi connectivity index (χ1) is 11.5. The van der Waals surface area contributed by atoms with Gasteiger partial charge in [-0.3, -0.25) is 10.0 Å². The van der Waals surface area contributed by atoms with Crippen LogP contribution in [0.5, 0.6) is 5.75 Å². The average molecular weight is 387 g/mol. The second-order valence-electron chi connectivity index (χ2n) is 5.33. The van der Waals surface area contributed by atoms with Gasteiger partial charge in [0.05, 0.1) is 18.5 Å². The maximum atomic E-state index is 11.6. The molecule has 1 heterocycles. The number of methoxy groups -OCH3 is 1. The van der Waals surface area contributed by atoms with Crippen LogP contribution in [0.4, 0.5) is 0 Å². The number of halogens is 1. The van der Waals surface area contributed by atoms with Crippen molar-refractivity contribution in [2.24, 2.45) is 4.99 Å². The minimum atomic E-state index is -0.0114. The molecule has 122 valence electrons. The molecule has 1 aliphatic heterocycles. The molecule has 0 saturated heterocycles. The van der Waals surface area contributed by atoms with Gasteiger partial charge in [0, 0.05) is 15.6 Å². The molecule has 5 nitrogen and oxygen atoms in total. The molecule has 1 N–H and O–H groups in total. The van der Waals surface area contributed by atoms with Crippen LogP contribution in [0.1, 0.15) is 12.5 Å². The Kier molecular flexibility index (Phi) is 4.51. The van der Waals surface area contributed by atoms with Crippen molar-refractivity contribution >= 4 is 33.7 Å². The predicted molar refractivity (Wildman–Crippen MR) is 95.7 cm³/mol. The molecule has 1 aliphatic carbocycles. The van der Waals surface area contributed by atoms with Gasteiger partial charge in [-0.2, -0.15) is 0 Å². The van der Waals surface area contributed by atoms with E-state index in [4.69, 9.17) is 4.74 Å². The third-order valence-corrected chi connectivity index (χ3v) is 4.44. The first-order valence-corrected chi connectivity index (χ1v) is 8.02. The van der Waals surface area contributed by atoms with Crippen molar-refractivity contribution in [2.75, 3.05) is 7.11 Å². The summed E-state index contributed by atoms with van der Waals surface area (Å²) in [6.07, 6.45) is 8.13. The lowest BCUT2D eigenvalue weighted by molar-refractivity contribution is -0.111. The molecule has 1 aromatic rings. The number of hydroxylamine groups is 2. The van der Waals surface area contributed by atoms with Crippen LogP contribution in [-0.4, -0.2) is 29.5 Å². The van der Waals surface area contributed by atoms with Crippen molar-refractivity contribution in [2.45, 2.75) is 6.92 Å². The summed E-state index contributed by atoms with van der Waals surface area (Å²) in [5.41, 5.74) is 3.44. The molecule has 0 fully saturated rings. The molecule has 0 radical (unpaired) electrons. The molecule has 0 atom stereocenters. The molecular formula is C18H15BrN2O3. The number of nitrogens with zero attached hydrogens (tertiary/aromatic N) is 2. The topological polar surface area (TPSA) is 62.1 Å². The fourth-order valence-corrected chi connectivity index (χ4v) is 2.86. The standard InChI is InChI=1S/C18H15BrN2O3/c1-11-7-12(3-6-18(11)22)16-9-17(21(23)10-20-16)14-8-13(24-2)4-5-15(14)19/h3-10,23H,1-2H3. The van der Waals surface area contributed by atoms with Gasteiger partial charge >= 0.3 is 0 Å². The van der Waals surface area contributed by atoms with Crippen molar-refractivity contribution in [3.63, 3.8) is 0 Å². The molecule has 0 bridgehead atoms. The highest BCUT2D eigenvalue weighted by Gasteiger charge is 2.18. The van der Waals surface area contributed by atoms with Crippen LogP contribution in [0.2, 0.25) is 0 Å². The first kappa shape index (κ1) is 16.4. The lowest BCUT2D eigenvalue weighted by Crippen LogP contribution is -2.19. The summed E-state index contributed by atoms with van der Waals surface area (Å²) in [5.74, 6) is 0.667. The van der Waals surface area contributed by atoms with Gasteiger partial charge in [-0.05, 0) is 55.0 Å². The molecule has 24 heavy (non-hydrogen) atoms. The summed E-state index contributed by atoms with van der Waals surface area (Å²) in [5, 5.41) is 11.1. The van der Waals surface area contributed by atoms with E-state index in [0.29, 0.717) is 22.7 Å². The molecule has 0 saturated carbocycles. The number of hydrogen-bond acceptors (Lipinski definition) is 5. The number of benzene rings is 1. The molecule has 0 spiro atoms. The number of ether oxygens (including phenoxy) is 1. The van der Waals surface area contributed by atoms with E-state index in [9.17, 15) is 10.0 Å². The van der Waals surface area contributed by atoms with E-state index in [1.165, 1.54) is 12.4 Å². The van der Waals surface area contributed by atoms with Crippen molar-refractivity contribution < 1.29 is 14.7 Å². The minimum Gasteiger partial charge on any atom is -0.497 e. The number of allylic oxidation sites excluding steroid dienone is 6. The van der Waals surface area contributed by atoms with Gasteiger partial charge in [0.2, 0.25) is 0 Å². The van der Waals surface area contributed by atoms with E-state index in [0.717, 1.165) is 20.7 Å². The van der Waals surface area contributed by atoms with E-state index in [1.807, 2.05) is 18.2 Å². The van der Waals surface area contributed by atoms with Gasteiger partial charge in [0.15, 0.2) is 5.78 Å². The van der Waals surface area contributed by atoms with E-state index >= 15 is 0 Å². The summed E-state index contributed by atoms with van der Waals surface area (Å²) in [4.78, 5) is 15.8. The van der Waals surface area contributed by atoms with Crippen LogP contribution in [0, 0.1) is 0 Å². The van der Waals surface area contributed by atoms with E-state index in [2.05, 4.69) is 20.9 Å². The van der Waals surface area contributed by atoms with Gasteiger partial charge in [-0.1, -0.05) is 15.9 Å². The molecule has 0 unspecified atom stereocenters. The Labute approximate surface area is 148 Å². The average Bonchev–Trinajstić information content (AvgIpc) is 2.58. The third kappa shape index (κ3) is 3.11. The summed E-state index contributed by atoms with van der Waals surface area (Å²) < 4.78 is 6.07. The number of carbonyl (C=O) groups excluding carboxylic acids is 1. The van der Waals surface area contributed by atoms with Gasteiger partial charge in [-0.15, -0.1) is 0 Å². The zero-order chi connectivity index (χ0) is 17.3. The molecule has 6 heteroatoms. The Bertz CT molecular complexity index is 863. The molecule has 1 aromatic carbocycles. The molecular weight excluding hydrogens is 372 g/mol. The normalized spacial score (nSPS) is 20.2. The maximum absolute atomic E-state index is 11.6. The lowest BCUT2D eigenvalue weighted by atomic mass is 9.99. The van der Waals surface area contributed by atoms with Crippen LogP contribution in [0.25, 0.3) is 5.70 Å². The van der Waals surface area contributed by atoms with Crippen molar-refractivity contribution in [3.8, 4) is 5.75 Å². The summed E-state index contributed by atoms with van der Waals surface area (Å²) >= 11 is 3.49. The van der Waals surface area contributed by atoms with Crippen molar-refractivity contribution in [3.05, 3.63) is 69.4 Å². The van der Waals surface area contributed by atoms with Gasteiger partial charge in [0.25, 0.3) is 0 Å². The quantitative estimate of drug-likeness (QED) is 0.837. The SMILES string of the molecule is COc1ccc(Br)c(C2=CC(=C3C=CC(=O)C(C)=C3)N=CN2O)c1. The Morgan fingerprint density at radius 2 is 2.04 bits per heavy atom. The fraction of sp³-hybridized carbons (Fsp3) is 0.111. The van der Waals surface area contributed by atoms with Crippen LogP contribution in [-0.2, 0) is 4.79 Å². The van der Waals surface area contributed by atoms with Crippen LogP contribution in [0.3, 0.4) is 0 Å². The molecule has 0 amide bonds. The Balaban J connectivity index is 2.10. The van der Waals surface area contributed by atoms with Crippen LogP contribution in [0.15, 0.2) is 68.8 Å². The van der Waals surface area contributed by atoms with E-state index in [1.54, 1.807) is 32.3 Å². The van der Waals surface area contributed by atoms with E-state index in [-0.39, 0.29) is 5.78 Å². The second kappa shape index (κ2) is 6.59. The highest BCUT2D eigenvalue weighted by Crippen LogP contribution is 2.33. The number of rotatable bonds is 2. The second-order valence-corrected chi connectivity index (χ2v) is 6.18. The first-order valence-electron chi connectivity index (χ1n) is 7.22. The largest absolute Gasteiger partial charge is 0.497 e. The highest BCUT2D eigenvalue weighted by molar-refractivity contribution is 9.10. The van der Waals surface area contributed by atoms with Crippen LogP contribution >= 0.6 is 15.9 Å². The van der Waals surface area contributed by atoms with Gasteiger partial charge in [0.1, 0.15) is 12.1 Å². The predicted octanol–water partition coefficient (Wildman–Crippen LogP) is 3.87. The maximum Gasteiger partial charge on any atom is 0.181 e. The smallest absolute Gasteiger partial charge is 0.181 e. The molecule has 2 aliphatic rings. The van der Waals surface area contributed by atoms with E-state index < -0.39 is 0 Å². The Hall–Kier alpha value is -2.44. The number of carbonyl (C=O) groups is 1. The molecule has 3 rings (SSSR count). The summed E-state index contributed by atoms with van der Waals surface area (Å²) in [6, 6.07) is 5.50. The third-order valence-electron chi connectivity index (χ3n) is 3.75. The summed E-state index contributed by atoms with van der Waals surface area (Å²) in [7, 11) is 1.59. The van der Waals surface area contributed by atoms with Crippen molar-refractivity contribution in [1.82, 2.24) is 5.06 Å². The van der Waals surface area contributed by atoms with Crippen LogP contribution < -0.4 is 4.74 Å². The number of aliphatic imine (C=N–C) groups is 1. The highest BCUT2D eigenvalue weighted by atomic mass is 79.9. The zero-order valence-corrected chi connectivity index (χ0v) is 14.7. The van der Waals surface area contributed by atoms with Crippen molar-refractivity contribution in [1.29, 1.82) is 0 Å². The lowest BCUT2D eigenvalue weighted by Gasteiger charge is -2.22. The number of ketones is 1.